The molecule has 1 aromatic carbocycles. The van der Waals surface area contributed by atoms with Crippen LogP contribution in [0.2, 0.25) is 0 Å². The summed E-state index contributed by atoms with van der Waals surface area (Å²) in [4.78, 5) is 0. The molecule has 0 spiro atoms. The summed E-state index contributed by atoms with van der Waals surface area (Å²) in [6.07, 6.45) is 5.18. The Bertz CT molecular complexity index is 348. The lowest BCUT2D eigenvalue weighted by atomic mass is 9.77. The third-order valence-electron chi connectivity index (χ3n) is 3.42. The zero-order valence-electron chi connectivity index (χ0n) is 10.0. The number of hydrogen-bond acceptors (Lipinski definition) is 3. The predicted molar refractivity (Wildman–Crippen MR) is 67.9 cm³/mol. The van der Waals surface area contributed by atoms with Crippen LogP contribution in [0, 0.1) is 5.92 Å². The maximum Gasteiger partial charge on any atom is 0.488 e. The third kappa shape index (κ3) is 3.56. The Hall–Kier alpha value is -0.835. The summed E-state index contributed by atoms with van der Waals surface area (Å²) in [5.41, 5.74) is 1.40. The van der Waals surface area contributed by atoms with E-state index in [4.69, 9.17) is 4.74 Å². The van der Waals surface area contributed by atoms with Gasteiger partial charge < -0.3 is 14.8 Å². The van der Waals surface area contributed by atoms with Crippen LogP contribution in [-0.4, -0.2) is 23.8 Å². The Morgan fingerprint density at radius 1 is 1.18 bits per heavy atom. The van der Waals surface area contributed by atoms with Gasteiger partial charge in [0, 0.05) is 6.61 Å². The second kappa shape index (κ2) is 6.19. The molecule has 0 aliphatic heterocycles. The van der Waals surface area contributed by atoms with Crippen molar-refractivity contribution in [3.05, 3.63) is 29.8 Å². The monoisotopic (exact) mass is 234 g/mol. The van der Waals surface area contributed by atoms with Crippen molar-refractivity contribution in [3.63, 3.8) is 0 Å². The number of hydrogen-bond donors (Lipinski definition) is 2. The van der Waals surface area contributed by atoms with E-state index in [0.717, 1.165) is 12.2 Å². The first-order valence-electron chi connectivity index (χ1n) is 6.29. The van der Waals surface area contributed by atoms with Crippen molar-refractivity contribution in [1.82, 2.24) is 0 Å². The molecule has 1 aliphatic rings. The van der Waals surface area contributed by atoms with Crippen molar-refractivity contribution in [3.8, 4) is 0 Å². The Morgan fingerprint density at radius 2 is 1.88 bits per heavy atom. The first-order chi connectivity index (χ1) is 8.27. The van der Waals surface area contributed by atoms with Crippen LogP contribution in [0.5, 0.6) is 0 Å². The van der Waals surface area contributed by atoms with Crippen LogP contribution < -0.4 is 5.46 Å². The lowest BCUT2D eigenvalue weighted by molar-refractivity contribution is 0.0892. The summed E-state index contributed by atoms with van der Waals surface area (Å²) in [5.74, 6) is 0.696. The van der Waals surface area contributed by atoms with Crippen LogP contribution >= 0.6 is 0 Å². The second-order valence-corrected chi connectivity index (χ2v) is 4.74. The van der Waals surface area contributed by atoms with Crippen LogP contribution in [0.15, 0.2) is 24.3 Å². The van der Waals surface area contributed by atoms with E-state index in [1.54, 1.807) is 12.1 Å². The van der Waals surface area contributed by atoms with Crippen LogP contribution in [-0.2, 0) is 11.3 Å². The first-order valence-corrected chi connectivity index (χ1v) is 6.29. The van der Waals surface area contributed by atoms with Gasteiger partial charge >= 0.3 is 7.12 Å². The van der Waals surface area contributed by atoms with Gasteiger partial charge in [0.1, 0.15) is 0 Å². The van der Waals surface area contributed by atoms with Gasteiger partial charge in [-0.2, -0.15) is 0 Å². The third-order valence-corrected chi connectivity index (χ3v) is 3.42. The highest BCUT2D eigenvalue weighted by Crippen LogP contribution is 2.24. The average molecular weight is 234 g/mol. The summed E-state index contributed by atoms with van der Waals surface area (Å²) in [7, 11) is -1.42. The molecular weight excluding hydrogens is 215 g/mol. The van der Waals surface area contributed by atoms with Gasteiger partial charge in [0.05, 0.1) is 6.61 Å². The quantitative estimate of drug-likeness (QED) is 0.749. The Balaban J connectivity index is 1.85. The molecule has 17 heavy (non-hydrogen) atoms. The van der Waals surface area contributed by atoms with E-state index in [0.29, 0.717) is 18.0 Å². The lowest BCUT2D eigenvalue weighted by Crippen LogP contribution is -2.33. The van der Waals surface area contributed by atoms with Crippen molar-refractivity contribution >= 4 is 12.6 Å². The summed E-state index contributed by atoms with van der Waals surface area (Å²) < 4.78 is 5.67. The largest absolute Gasteiger partial charge is 0.488 e. The fraction of sp³-hybridized carbons (Fsp3) is 0.538. The van der Waals surface area contributed by atoms with E-state index in [2.05, 4.69) is 0 Å². The normalized spacial score (nSPS) is 16.4. The molecule has 0 heterocycles. The van der Waals surface area contributed by atoms with Crippen molar-refractivity contribution in [1.29, 1.82) is 0 Å². The van der Waals surface area contributed by atoms with Gasteiger partial charge in [-0.3, -0.25) is 0 Å². The molecule has 4 heteroatoms. The van der Waals surface area contributed by atoms with Crippen molar-refractivity contribution in [2.24, 2.45) is 5.92 Å². The van der Waals surface area contributed by atoms with Crippen LogP contribution in [0.1, 0.15) is 31.2 Å². The summed E-state index contributed by atoms with van der Waals surface area (Å²) in [6, 6.07) is 7.29. The van der Waals surface area contributed by atoms with Gasteiger partial charge in [0.25, 0.3) is 0 Å². The molecule has 0 bridgehead atoms. The Morgan fingerprint density at radius 3 is 2.59 bits per heavy atom. The molecule has 0 unspecified atom stereocenters. The highest BCUT2D eigenvalue weighted by atomic mass is 16.5. The fourth-order valence-electron chi connectivity index (χ4n) is 2.43. The molecule has 0 saturated heterocycles. The summed E-state index contributed by atoms with van der Waals surface area (Å²) >= 11 is 0. The molecule has 2 N–H and O–H groups in total. The Labute approximate surface area is 103 Å². The van der Waals surface area contributed by atoms with E-state index in [1.165, 1.54) is 25.7 Å². The van der Waals surface area contributed by atoms with Crippen LogP contribution in [0.3, 0.4) is 0 Å². The summed E-state index contributed by atoms with van der Waals surface area (Å²) in [6.45, 7) is 1.25. The van der Waals surface area contributed by atoms with E-state index >= 15 is 0 Å². The predicted octanol–water partition coefficient (Wildman–Crippen LogP) is 1.07. The van der Waals surface area contributed by atoms with Crippen molar-refractivity contribution in [2.75, 3.05) is 6.61 Å². The molecular formula is C13H19BO3. The van der Waals surface area contributed by atoms with E-state index in [1.807, 2.05) is 12.1 Å². The molecule has 92 valence electrons. The molecule has 1 fully saturated rings. The van der Waals surface area contributed by atoms with Gasteiger partial charge in [0.2, 0.25) is 0 Å². The fourth-order valence-corrected chi connectivity index (χ4v) is 2.43. The Kier molecular flexibility index (Phi) is 4.60. The molecule has 0 aromatic heterocycles. The maximum absolute atomic E-state index is 9.22. The smallest absolute Gasteiger partial charge is 0.423 e. The maximum atomic E-state index is 9.22. The molecule has 1 aliphatic carbocycles. The number of ether oxygens (including phenoxy) is 1. The summed E-state index contributed by atoms with van der Waals surface area (Å²) in [5, 5.41) is 18.4. The second-order valence-electron chi connectivity index (χ2n) is 4.74. The van der Waals surface area contributed by atoms with Gasteiger partial charge in [-0.25, -0.2) is 0 Å². The van der Waals surface area contributed by atoms with Gasteiger partial charge in [0.15, 0.2) is 0 Å². The highest BCUT2D eigenvalue weighted by Gasteiger charge is 2.17. The molecule has 0 radical (unpaired) electrons. The number of rotatable bonds is 5. The zero-order valence-corrected chi connectivity index (χ0v) is 10.0. The molecule has 0 amide bonds. The topological polar surface area (TPSA) is 49.7 Å². The SMILES string of the molecule is OB(O)c1ccccc1COCC1CCCC1. The minimum Gasteiger partial charge on any atom is -0.423 e. The molecule has 1 aromatic rings. The molecule has 2 rings (SSSR count). The highest BCUT2D eigenvalue weighted by molar-refractivity contribution is 6.59. The zero-order chi connectivity index (χ0) is 12.1. The van der Waals surface area contributed by atoms with Gasteiger partial charge in [-0.15, -0.1) is 0 Å². The molecule has 1 saturated carbocycles. The minimum absolute atomic E-state index is 0.463. The molecule has 3 nitrogen and oxygen atoms in total. The first kappa shape index (κ1) is 12.6. The minimum atomic E-state index is -1.42. The van der Waals surface area contributed by atoms with Crippen molar-refractivity contribution in [2.45, 2.75) is 32.3 Å². The average Bonchev–Trinajstić information content (AvgIpc) is 2.82. The van der Waals surface area contributed by atoms with Crippen LogP contribution in [0.4, 0.5) is 0 Å². The molecule has 0 atom stereocenters. The lowest BCUT2D eigenvalue weighted by Gasteiger charge is -2.12. The van der Waals surface area contributed by atoms with Gasteiger partial charge in [-0.1, -0.05) is 37.1 Å². The van der Waals surface area contributed by atoms with Gasteiger partial charge in [-0.05, 0) is 29.8 Å². The standard InChI is InChI=1S/C13H19BO3/c15-14(16)13-8-4-3-7-12(13)10-17-9-11-5-1-2-6-11/h3-4,7-8,11,15-16H,1-2,5-6,9-10H2. The van der Waals surface area contributed by atoms with Crippen molar-refractivity contribution < 1.29 is 14.8 Å². The van der Waals surface area contributed by atoms with Crippen LogP contribution in [0.25, 0.3) is 0 Å². The van der Waals surface area contributed by atoms with E-state index in [9.17, 15) is 10.0 Å². The van der Waals surface area contributed by atoms with E-state index in [-0.39, 0.29) is 0 Å². The van der Waals surface area contributed by atoms with E-state index < -0.39 is 7.12 Å². The number of benzene rings is 1.